The molecule has 2 heterocycles. The van der Waals surface area contributed by atoms with E-state index in [1.807, 2.05) is 0 Å². The maximum Gasteiger partial charge on any atom is 0.336 e. The molecule has 0 saturated carbocycles. The third-order valence-corrected chi connectivity index (χ3v) is 4.26. The molecule has 0 spiro atoms. The number of ether oxygens (including phenoxy) is 2. The number of allylic oxidation sites excluding steroid dienone is 1. The van der Waals surface area contributed by atoms with Crippen LogP contribution in [-0.2, 0) is 19.1 Å². The summed E-state index contributed by atoms with van der Waals surface area (Å²) in [4.78, 5) is 29.7. The molecule has 0 amide bonds. The quantitative estimate of drug-likeness (QED) is 0.760. The summed E-state index contributed by atoms with van der Waals surface area (Å²) < 4.78 is 15.7. The molecule has 7 heteroatoms. The molecule has 2 atom stereocenters. The monoisotopic (exact) mass is 348 g/mol. The second-order valence-corrected chi connectivity index (χ2v) is 5.92. The number of aryl methyl sites for hydroxylation is 2. The molecule has 1 aromatic heterocycles. The average molecular weight is 348 g/mol. The zero-order valence-corrected chi connectivity index (χ0v) is 15.5. The molecule has 136 valence electrons. The first-order chi connectivity index (χ1) is 11.8. The maximum atomic E-state index is 12.6. The molecule has 7 nitrogen and oxygen atoms in total. The molecule has 0 fully saturated rings. The number of rotatable bonds is 5. The summed E-state index contributed by atoms with van der Waals surface area (Å²) in [6.07, 6.45) is 0. The van der Waals surface area contributed by atoms with Crippen LogP contribution in [0.3, 0.4) is 0 Å². The van der Waals surface area contributed by atoms with E-state index in [1.54, 1.807) is 41.5 Å². The number of aromatic nitrogens is 1. The van der Waals surface area contributed by atoms with Crippen LogP contribution in [0.4, 0.5) is 0 Å². The normalized spacial score (nSPS) is 20.3. The summed E-state index contributed by atoms with van der Waals surface area (Å²) in [5, 5.41) is 3.98. The molecule has 0 radical (unpaired) electrons. The highest BCUT2D eigenvalue weighted by Crippen LogP contribution is 2.42. The fourth-order valence-corrected chi connectivity index (χ4v) is 3.29. The second kappa shape index (κ2) is 7.63. The Bertz CT molecular complexity index is 725. The molecular weight excluding hydrogens is 324 g/mol. The van der Waals surface area contributed by atoms with Crippen LogP contribution >= 0.6 is 0 Å². The molecule has 2 unspecified atom stereocenters. The minimum atomic E-state index is -0.722. The zero-order valence-electron chi connectivity index (χ0n) is 15.5. The number of nitrogens with zero attached hydrogens (tertiary/aromatic N) is 2. The van der Waals surface area contributed by atoms with Crippen molar-refractivity contribution in [3.05, 3.63) is 28.3 Å². The molecule has 0 aromatic carbocycles. The first kappa shape index (κ1) is 18.9. The van der Waals surface area contributed by atoms with Crippen molar-refractivity contribution in [2.24, 2.45) is 10.9 Å². The summed E-state index contributed by atoms with van der Waals surface area (Å²) >= 11 is 0. The van der Waals surface area contributed by atoms with E-state index in [-0.39, 0.29) is 13.2 Å². The van der Waals surface area contributed by atoms with Gasteiger partial charge < -0.3 is 14.0 Å². The van der Waals surface area contributed by atoms with E-state index in [9.17, 15) is 9.59 Å². The fraction of sp³-hybridized carbons (Fsp3) is 0.556. The van der Waals surface area contributed by atoms with Gasteiger partial charge in [0.2, 0.25) is 0 Å². The Balaban J connectivity index is 2.67. The summed E-state index contributed by atoms with van der Waals surface area (Å²) in [6, 6.07) is 0. The molecule has 0 saturated heterocycles. The van der Waals surface area contributed by atoms with E-state index < -0.39 is 23.8 Å². The van der Waals surface area contributed by atoms with Gasteiger partial charge in [-0.25, -0.2) is 4.79 Å². The van der Waals surface area contributed by atoms with Crippen molar-refractivity contribution in [3.8, 4) is 0 Å². The van der Waals surface area contributed by atoms with E-state index in [2.05, 4.69) is 10.1 Å². The zero-order chi connectivity index (χ0) is 18.7. The summed E-state index contributed by atoms with van der Waals surface area (Å²) in [5.74, 6) is -1.68. The van der Waals surface area contributed by atoms with Crippen LogP contribution in [0.2, 0.25) is 0 Å². The Hall–Kier alpha value is -2.44. The standard InChI is InChI=1S/C18H24N2O5/c1-7-23-17(21)14-9(3)19-10(4)15(18(22)24-8-2)16(14)13-11(5)20-25-12(13)6/h14,16H,7-8H2,1-6H3. The van der Waals surface area contributed by atoms with Gasteiger partial charge in [-0.15, -0.1) is 0 Å². The number of carbonyl (C=O) groups excluding carboxylic acids is 2. The van der Waals surface area contributed by atoms with Crippen molar-refractivity contribution in [1.29, 1.82) is 0 Å². The van der Waals surface area contributed by atoms with E-state index >= 15 is 0 Å². The first-order valence-corrected chi connectivity index (χ1v) is 8.35. The molecule has 0 aliphatic carbocycles. The molecule has 1 aliphatic heterocycles. The lowest BCUT2D eigenvalue weighted by Gasteiger charge is -2.31. The van der Waals surface area contributed by atoms with Gasteiger partial charge in [-0.3, -0.25) is 9.79 Å². The van der Waals surface area contributed by atoms with Crippen molar-refractivity contribution >= 4 is 17.7 Å². The third kappa shape index (κ3) is 3.50. The number of hydrogen-bond acceptors (Lipinski definition) is 7. The highest BCUT2D eigenvalue weighted by atomic mass is 16.5. The highest BCUT2D eigenvalue weighted by molar-refractivity contribution is 6.07. The van der Waals surface area contributed by atoms with Gasteiger partial charge >= 0.3 is 11.9 Å². The van der Waals surface area contributed by atoms with Crippen LogP contribution in [0.15, 0.2) is 20.8 Å². The van der Waals surface area contributed by atoms with Crippen molar-refractivity contribution in [1.82, 2.24) is 5.16 Å². The van der Waals surface area contributed by atoms with Crippen LogP contribution in [0.1, 0.15) is 50.6 Å². The van der Waals surface area contributed by atoms with Crippen molar-refractivity contribution < 1.29 is 23.6 Å². The van der Waals surface area contributed by atoms with Gasteiger partial charge in [0.25, 0.3) is 0 Å². The van der Waals surface area contributed by atoms with Crippen LogP contribution in [0.5, 0.6) is 0 Å². The molecule has 0 bridgehead atoms. The van der Waals surface area contributed by atoms with Crippen molar-refractivity contribution in [2.45, 2.75) is 47.5 Å². The summed E-state index contributed by atoms with van der Waals surface area (Å²) in [5.41, 5.74) is 2.80. The largest absolute Gasteiger partial charge is 0.465 e. The molecule has 2 rings (SSSR count). The van der Waals surface area contributed by atoms with Gasteiger partial charge in [0.15, 0.2) is 0 Å². The van der Waals surface area contributed by atoms with Gasteiger partial charge in [0.1, 0.15) is 11.7 Å². The predicted molar refractivity (Wildman–Crippen MR) is 91.3 cm³/mol. The number of esters is 2. The second-order valence-electron chi connectivity index (χ2n) is 5.92. The summed E-state index contributed by atoms with van der Waals surface area (Å²) in [7, 11) is 0. The molecular formula is C18H24N2O5. The number of aliphatic imine (C=N–C) groups is 1. The van der Waals surface area contributed by atoms with Gasteiger partial charge in [-0.1, -0.05) is 5.16 Å². The van der Waals surface area contributed by atoms with Gasteiger partial charge in [0, 0.05) is 22.9 Å². The Labute approximate surface area is 147 Å². The first-order valence-electron chi connectivity index (χ1n) is 8.35. The Morgan fingerprint density at radius 2 is 1.72 bits per heavy atom. The van der Waals surface area contributed by atoms with Crippen LogP contribution in [0, 0.1) is 19.8 Å². The summed E-state index contributed by atoms with van der Waals surface area (Å²) in [6.45, 7) is 11.0. The van der Waals surface area contributed by atoms with E-state index in [1.165, 1.54) is 0 Å². The Kier molecular flexibility index (Phi) is 5.77. The Morgan fingerprint density at radius 3 is 2.24 bits per heavy atom. The minimum absolute atomic E-state index is 0.233. The topological polar surface area (TPSA) is 91.0 Å². The predicted octanol–water partition coefficient (Wildman–Crippen LogP) is 2.87. The van der Waals surface area contributed by atoms with E-state index in [4.69, 9.17) is 14.0 Å². The third-order valence-electron chi connectivity index (χ3n) is 4.26. The van der Waals surface area contributed by atoms with E-state index in [0.717, 1.165) is 0 Å². The fourth-order valence-electron chi connectivity index (χ4n) is 3.29. The molecule has 0 N–H and O–H groups in total. The lowest BCUT2D eigenvalue weighted by molar-refractivity contribution is -0.146. The average Bonchev–Trinajstić information content (AvgIpc) is 2.85. The lowest BCUT2D eigenvalue weighted by Crippen LogP contribution is -2.37. The van der Waals surface area contributed by atoms with Gasteiger partial charge in [0.05, 0.1) is 24.5 Å². The van der Waals surface area contributed by atoms with Crippen molar-refractivity contribution in [3.63, 3.8) is 0 Å². The van der Waals surface area contributed by atoms with Gasteiger partial charge in [-0.2, -0.15) is 0 Å². The number of hydrogen-bond donors (Lipinski definition) is 0. The van der Waals surface area contributed by atoms with E-state index in [0.29, 0.717) is 34.0 Å². The van der Waals surface area contributed by atoms with Gasteiger partial charge in [-0.05, 0) is 41.5 Å². The van der Waals surface area contributed by atoms with Crippen LogP contribution in [0.25, 0.3) is 0 Å². The van der Waals surface area contributed by atoms with Crippen LogP contribution in [-0.4, -0.2) is 36.0 Å². The lowest BCUT2D eigenvalue weighted by atomic mass is 9.75. The smallest absolute Gasteiger partial charge is 0.336 e. The van der Waals surface area contributed by atoms with Crippen molar-refractivity contribution in [2.75, 3.05) is 13.2 Å². The molecule has 25 heavy (non-hydrogen) atoms. The minimum Gasteiger partial charge on any atom is -0.465 e. The maximum absolute atomic E-state index is 12.6. The highest BCUT2D eigenvalue weighted by Gasteiger charge is 2.44. The van der Waals surface area contributed by atoms with Crippen LogP contribution < -0.4 is 0 Å². The molecule has 1 aliphatic rings. The number of carbonyl (C=O) groups is 2. The SMILES string of the molecule is CCOC(=O)C1=C(C)N=C(C)C(C(=O)OCC)C1c1c(C)noc1C. The Morgan fingerprint density at radius 1 is 1.08 bits per heavy atom. The molecule has 1 aromatic rings.